The van der Waals surface area contributed by atoms with Crippen LogP contribution in [0.1, 0.15) is 15.9 Å². The molecule has 9 nitrogen and oxygen atoms in total. The van der Waals surface area contributed by atoms with Crippen molar-refractivity contribution < 1.29 is 13.7 Å². The van der Waals surface area contributed by atoms with Gasteiger partial charge in [0, 0.05) is 60.6 Å². The second kappa shape index (κ2) is 8.62. The second-order valence-corrected chi connectivity index (χ2v) is 10.5. The van der Waals surface area contributed by atoms with E-state index in [0.29, 0.717) is 53.6 Å². The summed E-state index contributed by atoms with van der Waals surface area (Å²) in [5.74, 6) is 0.261. The molecule has 0 saturated carbocycles. The lowest BCUT2D eigenvalue weighted by Gasteiger charge is -2.26. The molecule has 1 amide bonds. The molecule has 1 aliphatic heterocycles. The van der Waals surface area contributed by atoms with E-state index in [4.69, 9.17) is 9.52 Å². The van der Waals surface area contributed by atoms with Crippen molar-refractivity contribution >= 4 is 26.5 Å². The fourth-order valence-corrected chi connectivity index (χ4v) is 4.92. The summed E-state index contributed by atoms with van der Waals surface area (Å²) in [5.41, 5.74) is 3.75. The molecule has 1 aromatic carbocycles. The highest BCUT2D eigenvalue weighted by atomic mass is 32.2. The van der Waals surface area contributed by atoms with Crippen molar-refractivity contribution in [2.24, 2.45) is 0 Å². The summed E-state index contributed by atoms with van der Waals surface area (Å²) in [6.45, 7) is 4.10. The number of amides is 1. The van der Waals surface area contributed by atoms with E-state index in [1.165, 1.54) is 6.26 Å². The van der Waals surface area contributed by atoms with Gasteiger partial charge in [0.25, 0.3) is 5.91 Å². The minimum absolute atomic E-state index is 0.0932. The summed E-state index contributed by atoms with van der Waals surface area (Å²) in [4.78, 5) is 28.6. The monoisotopic (exact) mass is 476 g/mol. The topological polar surface area (TPSA) is 114 Å². The normalized spacial score (nSPS) is 15.9. The summed E-state index contributed by atoms with van der Waals surface area (Å²) in [5, 5.41) is 0.633. The first kappa shape index (κ1) is 22.2. The van der Waals surface area contributed by atoms with Crippen LogP contribution in [0, 0.1) is 11.7 Å². The number of carbonyl (C=O) groups excluding carboxylic acids is 1. The van der Waals surface area contributed by atoms with Crippen LogP contribution < -0.4 is 0 Å². The highest BCUT2D eigenvalue weighted by Gasteiger charge is 2.22. The number of pyridine rings is 1. The molecule has 1 fully saturated rings. The van der Waals surface area contributed by atoms with Gasteiger partial charge in [0.2, 0.25) is 5.95 Å². The van der Waals surface area contributed by atoms with Crippen molar-refractivity contribution in [1.29, 1.82) is 4.78 Å². The quantitative estimate of drug-likeness (QED) is 0.483. The molecule has 0 aliphatic carbocycles. The Balaban J connectivity index is 1.60. The average Bonchev–Trinajstić information content (AvgIpc) is 3.24. The fourth-order valence-electron chi connectivity index (χ4n) is 4.03. The molecule has 1 unspecified atom stereocenters. The van der Waals surface area contributed by atoms with Crippen LogP contribution in [0.3, 0.4) is 0 Å². The maximum absolute atomic E-state index is 13.1. The summed E-state index contributed by atoms with van der Waals surface area (Å²) in [7, 11) is -3.02. The van der Waals surface area contributed by atoms with Gasteiger partial charge in [-0.2, -0.15) is 0 Å². The van der Waals surface area contributed by atoms with Crippen LogP contribution >= 0.6 is 0 Å². The number of benzene rings is 1. The SMILES string of the molecule is Cc1ccnc(-c2cnc(-n3cc(S(C)(=N)=O)c4ccc(C(=O)N5CCOCC5)cc43)nc2)c1. The maximum atomic E-state index is 13.1. The van der Waals surface area contributed by atoms with E-state index in [2.05, 4.69) is 15.0 Å². The largest absolute Gasteiger partial charge is 0.378 e. The van der Waals surface area contributed by atoms with Crippen LogP contribution in [0.25, 0.3) is 28.1 Å². The van der Waals surface area contributed by atoms with Gasteiger partial charge in [-0.15, -0.1) is 0 Å². The summed E-state index contributed by atoms with van der Waals surface area (Å²) >= 11 is 0. The van der Waals surface area contributed by atoms with Gasteiger partial charge in [-0.1, -0.05) is 6.07 Å². The Morgan fingerprint density at radius 1 is 1.09 bits per heavy atom. The molecule has 3 aromatic heterocycles. The number of nitrogens with zero attached hydrogens (tertiary/aromatic N) is 5. The van der Waals surface area contributed by atoms with Gasteiger partial charge in [0.15, 0.2) is 0 Å². The third kappa shape index (κ3) is 4.17. The molecular weight excluding hydrogens is 452 g/mol. The van der Waals surface area contributed by atoms with Gasteiger partial charge in [-0.25, -0.2) is 19.0 Å². The van der Waals surface area contributed by atoms with Crippen molar-refractivity contribution in [3.8, 4) is 17.2 Å². The Morgan fingerprint density at radius 2 is 1.82 bits per heavy atom. The van der Waals surface area contributed by atoms with Crippen molar-refractivity contribution in [3.05, 3.63) is 66.2 Å². The number of hydrogen-bond acceptors (Lipinski definition) is 7. The molecule has 1 N–H and O–H groups in total. The zero-order chi connectivity index (χ0) is 23.9. The Morgan fingerprint density at radius 3 is 2.50 bits per heavy atom. The lowest BCUT2D eigenvalue weighted by Crippen LogP contribution is -2.40. The smallest absolute Gasteiger partial charge is 0.254 e. The molecule has 34 heavy (non-hydrogen) atoms. The number of nitrogens with one attached hydrogen (secondary N) is 1. The zero-order valence-corrected chi connectivity index (χ0v) is 19.7. The van der Waals surface area contributed by atoms with Crippen LogP contribution in [0.15, 0.2) is 60.0 Å². The number of morpholine rings is 1. The van der Waals surface area contributed by atoms with E-state index in [-0.39, 0.29) is 5.91 Å². The molecule has 0 spiro atoms. The molecule has 10 heteroatoms. The molecule has 5 rings (SSSR count). The van der Waals surface area contributed by atoms with Gasteiger partial charge >= 0.3 is 0 Å². The van der Waals surface area contributed by atoms with Gasteiger partial charge < -0.3 is 9.64 Å². The molecule has 4 heterocycles. The number of hydrogen-bond donors (Lipinski definition) is 1. The Bertz CT molecular complexity index is 1490. The first-order chi connectivity index (χ1) is 16.3. The van der Waals surface area contributed by atoms with E-state index in [9.17, 15) is 9.00 Å². The molecule has 0 bridgehead atoms. The van der Waals surface area contributed by atoms with E-state index >= 15 is 0 Å². The summed E-state index contributed by atoms with van der Waals surface area (Å²) < 4.78 is 27.9. The van der Waals surface area contributed by atoms with Gasteiger partial charge in [0.05, 0.1) is 39.0 Å². The third-order valence-electron chi connectivity index (χ3n) is 5.80. The van der Waals surface area contributed by atoms with E-state index in [1.807, 2.05) is 19.1 Å². The number of aryl methyl sites for hydroxylation is 1. The number of rotatable bonds is 4. The standard InChI is InChI=1S/C24H24N6O3S/c1-16-5-6-26-20(11-16)18-13-27-24(28-14-18)30-15-22(34(2,25)32)19-4-3-17(12-21(19)30)23(31)29-7-9-33-10-8-29/h3-6,11-15,25H,7-10H2,1-2H3. The lowest BCUT2D eigenvalue weighted by atomic mass is 10.1. The molecule has 1 atom stereocenters. The fraction of sp³-hybridized carbons (Fsp3) is 0.250. The average molecular weight is 477 g/mol. The van der Waals surface area contributed by atoms with Crippen molar-refractivity contribution in [2.45, 2.75) is 11.8 Å². The number of ether oxygens (including phenoxy) is 1. The van der Waals surface area contributed by atoms with E-state index in [0.717, 1.165) is 16.8 Å². The van der Waals surface area contributed by atoms with Gasteiger partial charge in [0.1, 0.15) is 0 Å². The minimum atomic E-state index is -3.02. The summed E-state index contributed by atoms with van der Waals surface area (Å²) in [6.07, 6.45) is 8.11. The predicted molar refractivity (Wildman–Crippen MR) is 129 cm³/mol. The number of fused-ring (bicyclic) bond motifs is 1. The van der Waals surface area contributed by atoms with Crippen LogP contribution in [0.5, 0.6) is 0 Å². The molecule has 0 radical (unpaired) electrons. The van der Waals surface area contributed by atoms with Crippen LogP contribution in [0.2, 0.25) is 0 Å². The highest BCUT2D eigenvalue weighted by molar-refractivity contribution is 7.92. The highest BCUT2D eigenvalue weighted by Crippen LogP contribution is 2.29. The zero-order valence-electron chi connectivity index (χ0n) is 18.9. The van der Waals surface area contributed by atoms with Crippen LogP contribution in [0.4, 0.5) is 0 Å². The second-order valence-electron chi connectivity index (χ2n) is 8.33. The Hall–Kier alpha value is -3.63. The molecule has 1 aliphatic rings. The van der Waals surface area contributed by atoms with E-state index in [1.54, 1.807) is 52.5 Å². The van der Waals surface area contributed by atoms with Gasteiger partial charge in [-0.05, 0) is 36.8 Å². The van der Waals surface area contributed by atoms with Crippen molar-refractivity contribution in [2.75, 3.05) is 32.6 Å². The summed E-state index contributed by atoms with van der Waals surface area (Å²) in [6, 6.07) is 9.09. The predicted octanol–water partition coefficient (Wildman–Crippen LogP) is 3.30. The first-order valence-corrected chi connectivity index (χ1v) is 12.8. The minimum Gasteiger partial charge on any atom is -0.378 e. The van der Waals surface area contributed by atoms with Crippen molar-refractivity contribution in [3.63, 3.8) is 0 Å². The lowest BCUT2D eigenvalue weighted by molar-refractivity contribution is 0.0303. The molecule has 4 aromatic rings. The maximum Gasteiger partial charge on any atom is 0.254 e. The first-order valence-electron chi connectivity index (χ1n) is 10.8. The Kier molecular flexibility index (Phi) is 5.62. The van der Waals surface area contributed by atoms with E-state index < -0.39 is 9.73 Å². The molecule has 1 saturated heterocycles. The number of carbonyl (C=O) groups is 1. The third-order valence-corrected chi connectivity index (χ3v) is 6.96. The molecule has 174 valence electrons. The van der Waals surface area contributed by atoms with Crippen molar-refractivity contribution in [1.82, 2.24) is 24.4 Å². The van der Waals surface area contributed by atoms with Crippen LogP contribution in [-0.2, 0) is 14.5 Å². The van der Waals surface area contributed by atoms with Crippen LogP contribution in [-0.4, -0.2) is 67.1 Å². The number of aromatic nitrogens is 4. The van der Waals surface area contributed by atoms with Gasteiger partial charge in [-0.3, -0.25) is 14.3 Å². The Labute approximate surface area is 197 Å². The molecular formula is C24H24N6O3S.